The smallest absolute Gasteiger partial charge is 0.246 e. The summed E-state index contributed by atoms with van der Waals surface area (Å²) in [5.74, 6) is 1.45. The number of carbonyl (C=O) groups is 1. The van der Waals surface area contributed by atoms with E-state index in [-0.39, 0.29) is 23.9 Å². The number of rotatable bonds is 5. The molecule has 0 N–H and O–H groups in total. The molecular weight excluding hydrogens is 456 g/mol. The molecule has 32 heavy (non-hydrogen) atoms. The Balaban J connectivity index is 1.37. The SMILES string of the molecule is COc1ccc(S(=O)(=O)N2CCN(C(=O)/C=C/c3cc(Cl)c4c(c3)OCCO4)CC2)cc1. The van der Waals surface area contributed by atoms with Crippen molar-refractivity contribution < 1.29 is 27.4 Å². The van der Waals surface area contributed by atoms with E-state index in [1.807, 2.05) is 0 Å². The predicted molar refractivity (Wildman–Crippen MR) is 120 cm³/mol. The number of nitrogens with zero attached hydrogens (tertiary/aromatic N) is 2. The number of piperazine rings is 1. The Kier molecular flexibility index (Phi) is 6.59. The molecule has 0 aromatic heterocycles. The Morgan fingerprint density at radius 2 is 1.75 bits per heavy atom. The van der Waals surface area contributed by atoms with Crippen molar-refractivity contribution in [3.8, 4) is 17.2 Å². The molecule has 2 aromatic carbocycles. The number of hydrogen-bond donors (Lipinski definition) is 0. The highest BCUT2D eigenvalue weighted by Crippen LogP contribution is 2.38. The fourth-order valence-electron chi connectivity index (χ4n) is 3.55. The van der Waals surface area contributed by atoms with Gasteiger partial charge in [0, 0.05) is 32.3 Å². The summed E-state index contributed by atoms with van der Waals surface area (Å²) in [5, 5.41) is 0.423. The number of fused-ring (bicyclic) bond motifs is 1. The third-order valence-electron chi connectivity index (χ3n) is 5.29. The first-order valence-electron chi connectivity index (χ1n) is 10.1. The summed E-state index contributed by atoms with van der Waals surface area (Å²) in [6, 6.07) is 9.74. The van der Waals surface area contributed by atoms with Crippen molar-refractivity contribution in [1.82, 2.24) is 9.21 Å². The van der Waals surface area contributed by atoms with Gasteiger partial charge in [-0.2, -0.15) is 4.31 Å². The van der Waals surface area contributed by atoms with Crippen LogP contribution in [0.1, 0.15) is 5.56 Å². The zero-order chi connectivity index (χ0) is 22.7. The van der Waals surface area contributed by atoms with Gasteiger partial charge in [-0.25, -0.2) is 8.42 Å². The zero-order valence-electron chi connectivity index (χ0n) is 17.5. The lowest BCUT2D eigenvalue weighted by Gasteiger charge is -2.33. The predicted octanol–water partition coefficient (Wildman–Crippen LogP) is 2.67. The standard InChI is InChI=1S/C22H23ClN2O6S/c1-29-17-3-5-18(6-4-17)32(27,28)25-10-8-24(9-11-25)21(26)7-2-16-14-19(23)22-20(15-16)30-12-13-31-22/h2-7,14-15H,8-13H2,1H3/b7-2+. The zero-order valence-corrected chi connectivity index (χ0v) is 19.1. The van der Waals surface area contributed by atoms with E-state index < -0.39 is 10.0 Å². The van der Waals surface area contributed by atoms with E-state index in [0.717, 1.165) is 0 Å². The highest BCUT2D eigenvalue weighted by atomic mass is 35.5. The normalized spacial score (nSPS) is 16.9. The Morgan fingerprint density at radius 1 is 1.06 bits per heavy atom. The molecule has 0 aliphatic carbocycles. The van der Waals surface area contributed by atoms with Gasteiger partial charge < -0.3 is 19.1 Å². The number of methoxy groups -OCH3 is 1. The average Bonchev–Trinajstić information content (AvgIpc) is 2.82. The molecule has 2 heterocycles. The summed E-state index contributed by atoms with van der Waals surface area (Å²) in [6.07, 6.45) is 3.11. The highest BCUT2D eigenvalue weighted by Gasteiger charge is 2.29. The van der Waals surface area contributed by atoms with Crippen molar-refractivity contribution in [3.63, 3.8) is 0 Å². The van der Waals surface area contributed by atoms with Crippen LogP contribution in [-0.2, 0) is 14.8 Å². The van der Waals surface area contributed by atoms with Crippen LogP contribution in [0, 0.1) is 0 Å². The van der Waals surface area contributed by atoms with Crippen LogP contribution in [0.15, 0.2) is 47.4 Å². The van der Waals surface area contributed by atoms with Gasteiger partial charge in [-0.15, -0.1) is 0 Å². The minimum atomic E-state index is -3.62. The van der Waals surface area contributed by atoms with Crippen LogP contribution in [-0.4, -0.2) is 70.0 Å². The van der Waals surface area contributed by atoms with Crippen molar-refractivity contribution in [2.45, 2.75) is 4.90 Å². The lowest BCUT2D eigenvalue weighted by molar-refractivity contribution is -0.127. The monoisotopic (exact) mass is 478 g/mol. The third kappa shape index (κ3) is 4.69. The van der Waals surface area contributed by atoms with E-state index in [1.54, 1.807) is 35.2 Å². The van der Waals surface area contributed by atoms with Gasteiger partial charge in [-0.05, 0) is 48.0 Å². The third-order valence-corrected chi connectivity index (χ3v) is 7.48. The van der Waals surface area contributed by atoms with Gasteiger partial charge in [0.1, 0.15) is 19.0 Å². The molecule has 0 bridgehead atoms. The van der Waals surface area contributed by atoms with Crippen LogP contribution in [0.4, 0.5) is 0 Å². The van der Waals surface area contributed by atoms with E-state index in [0.29, 0.717) is 54.1 Å². The Labute approximate surface area is 192 Å². The summed E-state index contributed by atoms with van der Waals surface area (Å²) >= 11 is 6.23. The van der Waals surface area contributed by atoms with Crippen LogP contribution in [0.5, 0.6) is 17.2 Å². The molecule has 4 rings (SSSR count). The molecule has 0 radical (unpaired) electrons. The summed E-state index contributed by atoms with van der Waals surface area (Å²) in [6.45, 7) is 1.95. The molecule has 1 amide bonds. The minimum absolute atomic E-state index is 0.197. The van der Waals surface area contributed by atoms with Crippen molar-refractivity contribution in [2.75, 3.05) is 46.5 Å². The average molecular weight is 479 g/mol. The first-order chi connectivity index (χ1) is 15.4. The largest absolute Gasteiger partial charge is 0.497 e. The second kappa shape index (κ2) is 9.40. The van der Waals surface area contributed by atoms with Crippen LogP contribution in [0.25, 0.3) is 6.08 Å². The summed E-state index contributed by atoms with van der Waals surface area (Å²) in [4.78, 5) is 14.4. The van der Waals surface area contributed by atoms with E-state index >= 15 is 0 Å². The number of hydrogen-bond acceptors (Lipinski definition) is 6. The van der Waals surface area contributed by atoms with E-state index in [2.05, 4.69) is 0 Å². The Bertz CT molecular complexity index is 1130. The Morgan fingerprint density at radius 3 is 2.44 bits per heavy atom. The molecule has 8 nitrogen and oxygen atoms in total. The van der Waals surface area contributed by atoms with Gasteiger partial charge in [-0.3, -0.25) is 4.79 Å². The maximum Gasteiger partial charge on any atom is 0.246 e. The van der Waals surface area contributed by atoms with Crippen LogP contribution < -0.4 is 14.2 Å². The number of ether oxygens (including phenoxy) is 3. The first-order valence-corrected chi connectivity index (χ1v) is 11.9. The molecule has 10 heteroatoms. The van der Waals surface area contributed by atoms with Gasteiger partial charge in [0.25, 0.3) is 0 Å². The van der Waals surface area contributed by atoms with Crippen molar-refractivity contribution in [1.29, 1.82) is 0 Å². The minimum Gasteiger partial charge on any atom is -0.497 e. The topological polar surface area (TPSA) is 85.4 Å². The molecule has 2 aromatic rings. The van der Waals surface area contributed by atoms with Crippen LogP contribution in [0.2, 0.25) is 5.02 Å². The molecule has 2 aliphatic heterocycles. The molecule has 0 atom stereocenters. The van der Waals surface area contributed by atoms with Gasteiger partial charge in [0.15, 0.2) is 11.5 Å². The highest BCUT2D eigenvalue weighted by molar-refractivity contribution is 7.89. The molecule has 0 saturated carbocycles. The lowest BCUT2D eigenvalue weighted by Crippen LogP contribution is -2.50. The van der Waals surface area contributed by atoms with Crippen LogP contribution in [0.3, 0.4) is 0 Å². The number of carbonyl (C=O) groups excluding carboxylic acids is 1. The van der Waals surface area contributed by atoms with Crippen molar-refractivity contribution >= 4 is 33.6 Å². The fraction of sp³-hybridized carbons (Fsp3) is 0.318. The maximum absolute atomic E-state index is 12.9. The molecule has 0 unspecified atom stereocenters. The summed E-state index contributed by atoms with van der Waals surface area (Å²) in [7, 11) is -2.10. The number of halogens is 1. The quantitative estimate of drug-likeness (QED) is 0.614. The van der Waals surface area contributed by atoms with Gasteiger partial charge in [0.05, 0.1) is 17.0 Å². The summed E-state index contributed by atoms with van der Waals surface area (Å²) in [5.41, 5.74) is 0.716. The number of amides is 1. The van der Waals surface area contributed by atoms with Crippen LogP contribution >= 0.6 is 11.6 Å². The first kappa shape index (κ1) is 22.4. The van der Waals surface area contributed by atoms with Gasteiger partial charge in [0.2, 0.25) is 15.9 Å². The lowest BCUT2D eigenvalue weighted by atomic mass is 10.1. The summed E-state index contributed by atoms with van der Waals surface area (Å²) < 4.78 is 43.2. The molecule has 1 fully saturated rings. The van der Waals surface area contributed by atoms with Crippen molar-refractivity contribution in [3.05, 3.63) is 53.1 Å². The molecular formula is C22H23ClN2O6S. The van der Waals surface area contributed by atoms with E-state index in [4.69, 9.17) is 25.8 Å². The van der Waals surface area contributed by atoms with Gasteiger partial charge >= 0.3 is 0 Å². The maximum atomic E-state index is 12.9. The van der Waals surface area contributed by atoms with E-state index in [1.165, 1.54) is 29.6 Å². The van der Waals surface area contributed by atoms with Crippen molar-refractivity contribution in [2.24, 2.45) is 0 Å². The molecule has 0 spiro atoms. The van der Waals surface area contributed by atoms with Gasteiger partial charge in [-0.1, -0.05) is 11.6 Å². The molecule has 1 saturated heterocycles. The fourth-order valence-corrected chi connectivity index (χ4v) is 5.24. The number of sulfonamides is 1. The second-order valence-corrected chi connectivity index (χ2v) is 9.61. The van der Waals surface area contributed by atoms with E-state index in [9.17, 15) is 13.2 Å². The molecule has 2 aliphatic rings. The second-order valence-electron chi connectivity index (χ2n) is 7.27. The Hall–Kier alpha value is -2.75. The number of benzene rings is 2. The molecule has 170 valence electrons.